The van der Waals surface area contributed by atoms with E-state index in [9.17, 15) is 4.79 Å². The molecule has 0 aliphatic rings. The van der Waals surface area contributed by atoms with Crippen molar-refractivity contribution in [2.24, 2.45) is 5.92 Å². The van der Waals surface area contributed by atoms with Crippen molar-refractivity contribution in [1.82, 2.24) is 0 Å². The van der Waals surface area contributed by atoms with E-state index in [0.29, 0.717) is 0 Å². The molecule has 0 aromatic carbocycles. The van der Waals surface area contributed by atoms with Crippen molar-refractivity contribution in [3.8, 4) is 0 Å². The summed E-state index contributed by atoms with van der Waals surface area (Å²) in [6.45, 7) is 3.71. The smallest absolute Gasteiger partial charge is 0.122 e. The van der Waals surface area contributed by atoms with Crippen LogP contribution in [0.15, 0.2) is 0 Å². The highest BCUT2D eigenvalue weighted by atomic mass is 17.1. The molecule has 0 amide bonds. The molecule has 0 saturated heterocycles. The molecule has 0 aromatic heterocycles. The zero-order valence-corrected chi connectivity index (χ0v) is 3.56. The van der Waals surface area contributed by atoms with E-state index in [1.54, 1.807) is 0 Å². The third-order valence-electron chi connectivity index (χ3n) is 0.272. The highest BCUT2D eigenvalue weighted by molar-refractivity contribution is 5.51. The Kier molecular flexibility index (Phi) is 1.81. The molecule has 1 nitrogen and oxygen atoms in total. The third-order valence-corrected chi connectivity index (χ3v) is 0.272. The highest BCUT2D eigenvalue weighted by Gasteiger charge is 1.79. The molecule has 1 heteroatoms. The van der Waals surface area contributed by atoms with Crippen molar-refractivity contribution in [3.63, 3.8) is 0 Å². The van der Waals surface area contributed by atoms with Gasteiger partial charge in [-0.2, -0.15) is 0 Å². The maximum atomic E-state index is 9.50. The fraction of sp³-hybridized carbons (Fsp3) is 0.750. The summed E-state index contributed by atoms with van der Waals surface area (Å²) in [5.41, 5.74) is 0. The summed E-state index contributed by atoms with van der Waals surface area (Å²) in [5, 5.41) is 0. The fourth-order valence-corrected chi connectivity index (χ4v) is 0. The van der Waals surface area contributed by atoms with Gasteiger partial charge in [-0.3, -0.25) is 0 Å². The van der Waals surface area contributed by atoms with Gasteiger partial charge in [0.25, 0.3) is 0 Å². The summed E-state index contributed by atoms with van der Waals surface area (Å²) in [5.74, 6) is 0.204. The van der Waals surface area contributed by atoms with Crippen LogP contribution in [0.1, 0.15) is 13.8 Å². The molecule has 0 rings (SSSR count). The number of aldehydes is 1. The maximum Gasteiger partial charge on any atom is 0.122 e. The van der Waals surface area contributed by atoms with Gasteiger partial charge in [0.2, 0.25) is 0 Å². The van der Waals surface area contributed by atoms with Crippen LogP contribution in [0.5, 0.6) is 0 Å². The molecular weight excluding hydrogens is 65.0 g/mol. The lowest BCUT2D eigenvalue weighted by Gasteiger charge is -1.78. The van der Waals surface area contributed by atoms with E-state index >= 15 is 0 Å². The zero-order chi connectivity index (χ0) is 4.28. The van der Waals surface area contributed by atoms with E-state index in [0.717, 1.165) is 6.29 Å². The van der Waals surface area contributed by atoms with E-state index in [-0.39, 0.29) is 5.92 Å². The van der Waals surface area contributed by atoms with Gasteiger partial charge in [0.05, 0.1) is 0 Å². The summed E-state index contributed by atoms with van der Waals surface area (Å²) in [6, 6.07) is 0. The van der Waals surface area contributed by atoms with Crippen molar-refractivity contribution in [3.05, 3.63) is 0 Å². The number of carbonyl (C=O) groups excluding carboxylic acids is 1. The van der Waals surface area contributed by atoms with E-state index in [1.165, 1.54) is 0 Å². The average Bonchev–Trinajstić information content (AvgIpc) is 1.38. The van der Waals surface area contributed by atoms with Crippen molar-refractivity contribution in [2.45, 2.75) is 13.8 Å². The Bertz CT molecular complexity index is 30.6. The van der Waals surface area contributed by atoms with Crippen molar-refractivity contribution < 1.29 is 4.79 Å². The second-order valence-electron chi connectivity index (χ2n) is 1.38. The Morgan fingerprint density at radius 1 is 1.60 bits per heavy atom. The van der Waals surface area contributed by atoms with Crippen LogP contribution in [0, 0.1) is 5.92 Å². The van der Waals surface area contributed by atoms with Crippen LogP contribution < -0.4 is 0 Å². The number of rotatable bonds is 1. The van der Waals surface area contributed by atoms with Crippen LogP contribution in [-0.4, -0.2) is 6.29 Å². The molecule has 0 bridgehead atoms. The lowest BCUT2D eigenvalue weighted by molar-refractivity contribution is -0.110. The van der Waals surface area contributed by atoms with E-state index < -0.39 is 0 Å². The predicted octanol–water partition coefficient (Wildman–Crippen LogP) is 0.841. The zero-order valence-electron chi connectivity index (χ0n) is 3.56. The number of hydrogen-bond donors (Lipinski definition) is 0. The van der Waals surface area contributed by atoms with E-state index in [2.05, 4.69) is 0 Å². The molecule has 0 unspecified atom stereocenters. The average molecular weight is 73.1 g/mol. The Hall–Kier alpha value is -0.330. The summed E-state index contributed by atoms with van der Waals surface area (Å²) < 4.78 is 0. The number of carbonyl (C=O) groups is 1. The number of hydrogen-bond acceptors (Lipinski definition) is 1. The summed E-state index contributed by atoms with van der Waals surface area (Å²) >= 11 is 0. The predicted molar refractivity (Wildman–Crippen MR) is 20.9 cm³/mol. The summed E-state index contributed by atoms with van der Waals surface area (Å²) in [6.07, 6.45) is 0.917. The SMILES string of the molecule is CC(C)C=[17O]. The van der Waals surface area contributed by atoms with Crippen molar-refractivity contribution in [2.75, 3.05) is 0 Å². The van der Waals surface area contributed by atoms with Gasteiger partial charge in [0, 0.05) is 5.92 Å². The molecule has 0 saturated carbocycles. The van der Waals surface area contributed by atoms with Crippen LogP contribution >= 0.6 is 0 Å². The molecule has 0 spiro atoms. The van der Waals surface area contributed by atoms with Crippen molar-refractivity contribution >= 4 is 6.29 Å². The van der Waals surface area contributed by atoms with Crippen LogP contribution in [0.2, 0.25) is 0 Å². The molecule has 0 aromatic rings. The molecule has 5 heavy (non-hydrogen) atoms. The first kappa shape index (κ1) is 4.67. The Morgan fingerprint density at radius 2 is 1.80 bits per heavy atom. The van der Waals surface area contributed by atoms with Gasteiger partial charge in [-0.15, -0.1) is 0 Å². The molecule has 0 heterocycles. The van der Waals surface area contributed by atoms with Crippen molar-refractivity contribution in [1.29, 1.82) is 0 Å². The minimum atomic E-state index is 0.204. The Morgan fingerprint density at radius 3 is 1.80 bits per heavy atom. The normalized spacial score (nSPS) is 8.60. The van der Waals surface area contributed by atoms with Gasteiger partial charge in [-0.25, -0.2) is 0 Å². The van der Waals surface area contributed by atoms with E-state index in [4.69, 9.17) is 0 Å². The summed E-state index contributed by atoms with van der Waals surface area (Å²) in [7, 11) is 0. The van der Waals surface area contributed by atoms with Gasteiger partial charge in [0.15, 0.2) is 0 Å². The van der Waals surface area contributed by atoms with Crippen LogP contribution in [-0.2, 0) is 4.79 Å². The minimum absolute atomic E-state index is 0.204. The Labute approximate surface area is 32.0 Å². The van der Waals surface area contributed by atoms with Crippen LogP contribution in [0.25, 0.3) is 0 Å². The molecule has 0 N–H and O–H groups in total. The molecule has 0 aliphatic heterocycles. The first-order valence-corrected chi connectivity index (χ1v) is 1.72. The molecule has 0 fully saturated rings. The Balaban J connectivity index is 2.83. The minimum Gasteiger partial charge on any atom is -0.303 e. The first-order chi connectivity index (χ1) is 2.27. The molecule has 30 valence electrons. The van der Waals surface area contributed by atoms with Gasteiger partial charge in [-0.1, -0.05) is 13.8 Å². The van der Waals surface area contributed by atoms with Gasteiger partial charge in [0.1, 0.15) is 6.29 Å². The van der Waals surface area contributed by atoms with Gasteiger partial charge >= 0.3 is 0 Å². The van der Waals surface area contributed by atoms with Crippen LogP contribution in [0.3, 0.4) is 0 Å². The van der Waals surface area contributed by atoms with Gasteiger partial charge in [-0.05, 0) is 0 Å². The lowest BCUT2D eigenvalue weighted by atomic mass is 10.3. The molecule has 0 atom stereocenters. The van der Waals surface area contributed by atoms with E-state index in [1.807, 2.05) is 13.8 Å². The monoisotopic (exact) mass is 73.1 g/mol. The quantitative estimate of drug-likeness (QED) is 0.420. The topological polar surface area (TPSA) is 17.1 Å². The first-order valence-electron chi connectivity index (χ1n) is 1.72. The highest BCUT2D eigenvalue weighted by Crippen LogP contribution is 1.78. The van der Waals surface area contributed by atoms with Crippen LogP contribution in [0.4, 0.5) is 0 Å². The fourth-order valence-electron chi connectivity index (χ4n) is 0. The maximum absolute atomic E-state index is 9.50. The second kappa shape index (κ2) is 1.94. The standard InChI is InChI=1S/C4H8O/c1-4(2)3-5/h3-4H,1-2H3/i5+1. The molecule has 0 radical (unpaired) electrons. The molecule has 0 aliphatic carbocycles. The lowest BCUT2D eigenvalue weighted by Crippen LogP contribution is -1.82. The second-order valence-corrected chi connectivity index (χ2v) is 1.38. The third kappa shape index (κ3) is 3.67. The molecular formula is C4H8O. The van der Waals surface area contributed by atoms with Gasteiger partial charge < -0.3 is 4.79 Å². The largest absolute Gasteiger partial charge is 0.303 e. The summed E-state index contributed by atoms with van der Waals surface area (Å²) in [4.78, 5) is 9.50.